The molecule has 2 heteroatoms. The second-order valence-electron chi connectivity index (χ2n) is 7.63. The molecule has 0 heterocycles. The SMILES string of the molecule is C=C(S/C=C(\CC)Cc1cc(C)c(N)cc1C)c1cccc2c1CCCC2. The number of nitrogen functional groups attached to an aromatic ring is 1. The van der Waals surface area contributed by atoms with Crippen LogP contribution in [0.2, 0.25) is 0 Å². The van der Waals surface area contributed by atoms with Gasteiger partial charge in [0.25, 0.3) is 0 Å². The van der Waals surface area contributed by atoms with Crippen LogP contribution in [0.3, 0.4) is 0 Å². The third kappa shape index (κ3) is 4.68. The average molecular weight is 378 g/mol. The molecule has 0 aliphatic heterocycles. The molecule has 0 bridgehead atoms. The maximum Gasteiger partial charge on any atom is 0.0346 e. The number of fused-ring (bicyclic) bond motifs is 1. The molecular weight excluding hydrogens is 346 g/mol. The van der Waals surface area contributed by atoms with E-state index >= 15 is 0 Å². The van der Waals surface area contributed by atoms with Crippen LogP contribution in [0.15, 0.2) is 47.9 Å². The molecule has 142 valence electrons. The van der Waals surface area contributed by atoms with Gasteiger partial charge in [0.2, 0.25) is 0 Å². The number of hydrogen-bond donors (Lipinski definition) is 1. The predicted molar refractivity (Wildman–Crippen MR) is 122 cm³/mol. The third-order valence-corrected chi connectivity index (χ3v) is 6.62. The normalized spacial score (nSPS) is 14.1. The Labute approximate surface area is 168 Å². The Bertz CT molecular complexity index is 876. The number of allylic oxidation sites excluding steroid dienone is 1. The summed E-state index contributed by atoms with van der Waals surface area (Å²) in [6.45, 7) is 10.9. The Balaban J connectivity index is 1.76. The summed E-state index contributed by atoms with van der Waals surface area (Å²) in [7, 11) is 0. The van der Waals surface area contributed by atoms with Gasteiger partial charge < -0.3 is 5.73 Å². The molecule has 0 amide bonds. The van der Waals surface area contributed by atoms with E-state index in [1.165, 1.54) is 69.5 Å². The molecular formula is C25H31NS. The van der Waals surface area contributed by atoms with Gasteiger partial charge in [-0.25, -0.2) is 0 Å². The van der Waals surface area contributed by atoms with Crippen molar-refractivity contribution in [1.29, 1.82) is 0 Å². The van der Waals surface area contributed by atoms with E-state index < -0.39 is 0 Å². The van der Waals surface area contributed by atoms with Crippen molar-refractivity contribution in [2.45, 2.75) is 59.3 Å². The number of benzene rings is 2. The number of nitrogens with two attached hydrogens (primary N) is 1. The van der Waals surface area contributed by atoms with Crippen LogP contribution in [0.4, 0.5) is 5.69 Å². The molecule has 0 fully saturated rings. The van der Waals surface area contributed by atoms with Gasteiger partial charge in [-0.3, -0.25) is 0 Å². The minimum atomic E-state index is 0.884. The second-order valence-corrected chi connectivity index (χ2v) is 8.60. The summed E-state index contributed by atoms with van der Waals surface area (Å²) in [5, 5.41) is 2.32. The van der Waals surface area contributed by atoms with Gasteiger partial charge in [-0.2, -0.15) is 0 Å². The van der Waals surface area contributed by atoms with Crippen molar-refractivity contribution < 1.29 is 0 Å². The van der Waals surface area contributed by atoms with Gasteiger partial charge in [0, 0.05) is 10.6 Å². The maximum absolute atomic E-state index is 6.04. The van der Waals surface area contributed by atoms with Crippen molar-refractivity contribution in [3.8, 4) is 0 Å². The molecule has 0 radical (unpaired) electrons. The fourth-order valence-corrected chi connectivity index (χ4v) is 4.72. The number of hydrogen-bond acceptors (Lipinski definition) is 2. The largest absolute Gasteiger partial charge is 0.399 e. The Morgan fingerprint density at radius 2 is 1.93 bits per heavy atom. The van der Waals surface area contributed by atoms with E-state index in [0.717, 1.165) is 18.5 Å². The van der Waals surface area contributed by atoms with Crippen molar-refractivity contribution in [3.63, 3.8) is 0 Å². The highest BCUT2D eigenvalue weighted by Gasteiger charge is 2.14. The highest BCUT2D eigenvalue weighted by atomic mass is 32.2. The summed E-state index contributed by atoms with van der Waals surface area (Å²) >= 11 is 1.79. The minimum Gasteiger partial charge on any atom is -0.399 e. The Kier molecular flexibility index (Phi) is 6.49. The fraction of sp³-hybridized carbons (Fsp3) is 0.360. The maximum atomic E-state index is 6.04. The zero-order chi connectivity index (χ0) is 19.4. The summed E-state index contributed by atoms with van der Waals surface area (Å²) in [4.78, 5) is 1.17. The molecule has 3 rings (SSSR count). The molecule has 2 aromatic rings. The first-order valence-corrected chi connectivity index (χ1v) is 10.9. The lowest BCUT2D eigenvalue weighted by molar-refractivity contribution is 0.684. The highest BCUT2D eigenvalue weighted by molar-refractivity contribution is 8.10. The molecule has 1 aliphatic carbocycles. The van der Waals surface area contributed by atoms with Crippen LogP contribution in [0.5, 0.6) is 0 Å². The Morgan fingerprint density at radius 1 is 1.15 bits per heavy atom. The van der Waals surface area contributed by atoms with Crippen LogP contribution in [-0.2, 0) is 19.3 Å². The van der Waals surface area contributed by atoms with Gasteiger partial charge in [-0.05, 0) is 97.2 Å². The highest BCUT2D eigenvalue weighted by Crippen LogP contribution is 2.35. The van der Waals surface area contributed by atoms with Gasteiger partial charge in [0.05, 0.1) is 0 Å². The van der Waals surface area contributed by atoms with Gasteiger partial charge in [-0.15, -0.1) is 0 Å². The number of anilines is 1. The first-order chi connectivity index (χ1) is 13.0. The molecule has 0 spiro atoms. The molecule has 1 nitrogen and oxygen atoms in total. The van der Waals surface area contributed by atoms with E-state index in [9.17, 15) is 0 Å². The smallest absolute Gasteiger partial charge is 0.0346 e. The molecule has 0 saturated heterocycles. The number of rotatable bonds is 6. The molecule has 27 heavy (non-hydrogen) atoms. The lowest BCUT2D eigenvalue weighted by Gasteiger charge is -2.20. The van der Waals surface area contributed by atoms with Gasteiger partial charge in [-0.1, -0.05) is 55.1 Å². The zero-order valence-corrected chi connectivity index (χ0v) is 17.7. The molecule has 2 N–H and O–H groups in total. The first kappa shape index (κ1) is 19.8. The molecule has 2 aromatic carbocycles. The van der Waals surface area contributed by atoms with Gasteiger partial charge >= 0.3 is 0 Å². The first-order valence-electron chi connectivity index (χ1n) is 9.99. The lowest BCUT2D eigenvalue weighted by Crippen LogP contribution is -2.05. The van der Waals surface area contributed by atoms with Crippen LogP contribution in [0.25, 0.3) is 4.91 Å². The predicted octanol–water partition coefficient (Wildman–Crippen LogP) is 7.00. The number of thioether (sulfide) groups is 1. The van der Waals surface area contributed by atoms with E-state index in [-0.39, 0.29) is 0 Å². The molecule has 1 aliphatic rings. The van der Waals surface area contributed by atoms with Gasteiger partial charge in [0.1, 0.15) is 0 Å². The standard InChI is InChI=1S/C25H31NS/c1-5-20(15-22-13-18(3)25(26)14-17(22)2)16-27-19(4)23-12-8-10-21-9-6-7-11-24(21)23/h8,10,12-14,16H,4-7,9,11,15,26H2,1-3H3/b20-16+. The number of aryl methyl sites for hydroxylation is 3. The van der Waals surface area contributed by atoms with E-state index in [1.807, 2.05) is 0 Å². The quantitative estimate of drug-likeness (QED) is 0.548. The van der Waals surface area contributed by atoms with Gasteiger partial charge in [0.15, 0.2) is 0 Å². The lowest BCUT2D eigenvalue weighted by atomic mass is 9.88. The Morgan fingerprint density at radius 3 is 2.70 bits per heavy atom. The van der Waals surface area contributed by atoms with E-state index in [2.05, 4.69) is 63.1 Å². The van der Waals surface area contributed by atoms with Crippen LogP contribution in [0, 0.1) is 13.8 Å². The second kappa shape index (κ2) is 8.84. The Hall–Kier alpha value is -1.93. The van der Waals surface area contributed by atoms with E-state index in [0.29, 0.717) is 0 Å². The summed E-state index contributed by atoms with van der Waals surface area (Å²) < 4.78 is 0. The van der Waals surface area contributed by atoms with Crippen LogP contribution in [0.1, 0.15) is 59.6 Å². The van der Waals surface area contributed by atoms with Crippen molar-refractivity contribution >= 4 is 22.4 Å². The monoisotopic (exact) mass is 377 g/mol. The summed E-state index contributed by atoms with van der Waals surface area (Å²) in [6.07, 6.45) is 7.06. The molecule has 0 saturated carbocycles. The fourth-order valence-electron chi connectivity index (χ4n) is 3.84. The summed E-state index contributed by atoms with van der Waals surface area (Å²) in [5.41, 5.74) is 16.6. The summed E-state index contributed by atoms with van der Waals surface area (Å²) in [5.74, 6) is 0. The van der Waals surface area contributed by atoms with Crippen molar-refractivity contribution in [1.82, 2.24) is 0 Å². The summed E-state index contributed by atoms with van der Waals surface area (Å²) in [6, 6.07) is 11.1. The molecule has 0 atom stereocenters. The van der Waals surface area contributed by atoms with Crippen molar-refractivity contribution in [3.05, 3.63) is 81.3 Å². The minimum absolute atomic E-state index is 0.884. The van der Waals surface area contributed by atoms with Crippen LogP contribution < -0.4 is 5.73 Å². The van der Waals surface area contributed by atoms with E-state index in [1.54, 1.807) is 11.8 Å². The van der Waals surface area contributed by atoms with Crippen molar-refractivity contribution in [2.75, 3.05) is 5.73 Å². The van der Waals surface area contributed by atoms with Crippen molar-refractivity contribution in [2.24, 2.45) is 0 Å². The zero-order valence-electron chi connectivity index (χ0n) is 16.9. The van der Waals surface area contributed by atoms with Crippen LogP contribution >= 0.6 is 11.8 Å². The third-order valence-electron chi connectivity index (χ3n) is 5.66. The molecule has 0 aromatic heterocycles. The topological polar surface area (TPSA) is 26.0 Å². The average Bonchev–Trinajstić information content (AvgIpc) is 2.68. The van der Waals surface area contributed by atoms with E-state index in [4.69, 9.17) is 5.73 Å². The molecule has 0 unspecified atom stereocenters. The van der Waals surface area contributed by atoms with Crippen LogP contribution in [-0.4, -0.2) is 0 Å².